The molecule has 4 nitrogen and oxygen atoms in total. The van der Waals surface area contributed by atoms with Crippen LogP contribution in [0.5, 0.6) is 0 Å². The molecule has 0 bridgehead atoms. The fraction of sp³-hybridized carbons (Fsp3) is 0.615. The van der Waals surface area contributed by atoms with Crippen LogP contribution in [0, 0.1) is 0 Å². The van der Waals surface area contributed by atoms with E-state index in [1.165, 1.54) is 0 Å². The average Bonchev–Trinajstić information content (AvgIpc) is 2.75. The van der Waals surface area contributed by atoms with E-state index in [1.807, 2.05) is 13.0 Å². The molecule has 4 heteroatoms. The Labute approximate surface area is 102 Å². The highest BCUT2D eigenvalue weighted by atomic mass is 16.3. The molecule has 1 heterocycles. The number of carbonyl (C=O) groups is 1. The second kappa shape index (κ2) is 5.36. The number of hydrogen-bond acceptors (Lipinski definition) is 3. The number of carbonyl (C=O) groups excluding carboxylic acids is 1. The van der Waals surface area contributed by atoms with Crippen LogP contribution in [0.1, 0.15) is 50.0 Å². The summed E-state index contributed by atoms with van der Waals surface area (Å²) >= 11 is 0. The molecule has 0 aliphatic heterocycles. The van der Waals surface area contributed by atoms with Gasteiger partial charge in [-0.3, -0.25) is 4.79 Å². The van der Waals surface area contributed by atoms with Gasteiger partial charge in [0.15, 0.2) is 0 Å². The number of fused-ring (bicyclic) bond motifs is 1. The summed E-state index contributed by atoms with van der Waals surface area (Å²) in [6.45, 7) is 1.92. The summed E-state index contributed by atoms with van der Waals surface area (Å²) in [5, 5.41) is 3.06. The van der Waals surface area contributed by atoms with Crippen molar-refractivity contribution in [3.63, 3.8) is 0 Å². The van der Waals surface area contributed by atoms with Crippen molar-refractivity contribution < 1.29 is 9.21 Å². The molecule has 0 spiro atoms. The molecule has 0 aromatic carbocycles. The van der Waals surface area contributed by atoms with E-state index < -0.39 is 0 Å². The Balaban J connectivity index is 1.90. The predicted octanol–water partition coefficient (Wildman–Crippen LogP) is 1.90. The summed E-state index contributed by atoms with van der Waals surface area (Å²) in [5.74, 6) is 1.11. The molecule has 0 saturated carbocycles. The average molecular weight is 236 g/mol. The lowest BCUT2D eigenvalue weighted by atomic mass is 9.93. The fourth-order valence-electron chi connectivity index (χ4n) is 2.26. The third-order valence-electron chi connectivity index (χ3n) is 3.21. The van der Waals surface area contributed by atoms with E-state index in [1.54, 1.807) is 6.26 Å². The molecule has 2 atom stereocenters. The van der Waals surface area contributed by atoms with Crippen LogP contribution >= 0.6 is 0 Å². The second-order valence-electron chi connectivity index (χ2n) is 4.83. The Morgan fingerprint density at radius 2 is 2.53 bits per heavy atom. The molecule has 1 aromatic rings. The highest BCUT2D eigenvalue weighted by Gasteiger charge is 2.23. The summed E-state index contributed by atoms with van der Waals surface area (Å²) in [6, 6.07) is 2.17. The lowest BCUT2D eigenvalue weighted by Crippen LogP contribution is -2.31. The number of furan rings is 1. The van der Waals surface area contributed by atoms with Crippen LogP contribution in [-0.4, -0.2) is 11.9 Å². The van der Waals surface area contributed by atoms with Crippen molar-refractivity contribution >= 4 is 5.91 Å². The summed E-state index contributed by atoms with van der Waals surface area (Å²) in [7, 11) is 0. The lowest BCUT2D eigenvalue weighted by molar-refractivity contribution is -0.122. The van der Waals surface area contributed by atoms with Crippen LogP contribution in [0.3, 0.4) is 0 Å². The molecule has 1 amide bonds. The van der Waals surface area contributed by atoms with Crippen molar-refractivity contribution in [3.05, 3.63) is 23.7 Å². The minimum atomic E-state index is 0.0802. The van der Waals surface area contributed by atoms with Crippen LogP contribution in [0.4, 0.5) is 0 Å². The SMILES string of the molecule is CC(N)CCC(=O)NC1CCCc2occc21. The van der Waals surface area contributed by atoms with Gasteiger partial charge in [-0.2, -0.15) is 0 Å². The molecule has 0 saturated heterocycles. The summed E-state index contributed by atoms with van der Waals surface area (Å²) in [4.78, 5) is 11.8. The van der Waals surface area contributed by atoms with E-state index in [0.717, 1.165) is 37.0 Å². The van der Waals surface area contributed by atoms with Crippen molar-refractivity contribution in [1.82, 2.24) is 5.32 Å². The second-order valence-corrected chi connectivity index (χ2v) is 4.83. The molecule has 2 unspecified atom stereocenters. The summed E-state index contributed by atoms with van der Waals surface area (Å²) in [5.41, 5.74) is 6.78. The van der Waals surface area contributed by atoms with Crippen LogP contribution in [-0.2, 0) is 11.2 Å². The van der Waals surface area contributed by atoms with Gasteiger partial charge in [0.05, 0.1) is 12.3 Å². The molecular formula is C13H20N2O2. The maximum Gasteiger partial charge on any atom is 0.220 e. The maximum atomic E-state index is 11.8. The quantitative estimate of drug-likeness (QED) is 0.839. The van der Waals surface area contributed by atoms with Gasteiger partial charge in [-0.05, 0) is 32.3 Å². The standard InChI is InChI=1S/C13H20N2O2/c1-9(14)5-6-13(16)15-11-3-2-4-12-10(11)7-8-17-12/h7-9,11H,2-6,14H2,1H3,(H,15,16). The number of amides is 1. The first-order valence-corrected chi connectivity index (χ1v) is 6.28. The van der Waals surface area contributed by atoms with E-state index in [4.69, 9.17) is 10.2 Å². The van der Waals surface area contributed by atoms with Crippen molar-refractivity contribution in [2.45, 2.75) is 51.1 Å². The lowest BCUT2D eigenvalue weighted by Gasteiger charge is -2.22. The van der Waals surface area contributed by atoms with Gasteiger partial charge in [-0.15, -0.1) is 0 Å². The Hall–Kier alpha value is -1.29. The number of rotatable bonds is 4. The number of aryl methyl sites for hydroxylation is 1. The van der Waals surface area contributed by atoms with Crippen molar-refractivity contribution in [3.8, 4) is 0 Å². The Morgan fingerprint density at radius 1 is 1.71 bits per heavy atom. The van der Waals surface area contributed by atoms with Gasteiger partial charge in [-0.25, -0.2) is 0 Å². The molecular weight excluding hydrogens is 216 g/mol. The third-order valence-corrected chi connectivity index (χ3v) is 3.21. The molecule has 0 fully saturated rings. The Kier molecular flexibility index (Phi) is 3.84. The zero-order valence-electron chi connectivity index (χ0n) is 10.2. The molecule has 2 rings (SSSR count). The van der Waals surface area contributed by atoms with E-state index in [0.29, 0.717) is 6.42 Å². The predicted molar refractivity (Wildman–Crippen MR) is 65.4 cm³/mol. The first-order valence-electron chi connectivity index (χ1n) is 6.28. The van der Waals surface area contributed by atoms with E-state index in [9.17, 15) is 4.79 Å². The monoisotopic (exact) mass is 236 g/mol. The Bertz CT molecular complexity index is 385. The number of nitrogens with two attached hydrogens (primary N) is 1. The molecule has 17 heavy (non-hydrogen) atoms. The minimum Gasteiger partial charge on any atom is -0.469 e. The molecule has 94 valence electrons. The van der Waals surface area contributed by atoms with Gasteiger partial charge >= 0.3 is 0 Å². The summed E-state index contributed by atoms with van der Waals surface area (Å²) in [6.07, 6.45) is 5.99. The zero-order valence-corrected chi connectivity index (χ0v) is 10.2. The van der Waals surface area contributed by atoms with Crippen molar-refractivity contribution in [1.29, 1.82) is 0 Å². The van der Waals surface area contributed by atoms with Crippen LogP contribution in [0.25, 0.3) is 0 Å². The van der Waals surface area contributed by atoms with Gasteiger partial charge in [0.2, 0.25) is 5.91 Å². The highest BCUT2D eigenvalue weighted by Crippen LogP contribution is 2.30. The van der Waals surface area contributed by atoms with Crippen LogP contribution < -0.4 is 11.1 Å². The molecule has 1 aromatic heterocycles. The maximum absolute atomic E-state index is 11.8. The third kappa shape index (κ3) is 3.09. The molecule has 1 aliphatic rings. The molecule has 3 N–H and O–H groups in total. The number of hydrogen-bond donors (Lipinski definition) is 2. The van der Waals surface area contributed by atoms with Crippen LogP contribution in [0.15, 0.2) is 16.7 Å². The van der Waals surface area contributed by atoms with Gasteiger partial charge in [0.1, 0.15) is 5.76 Å². The number of nitrogens with one attached hydrogen (secondary N) is 1. The van der Waals surface area contributed by atoms with E-state index in [-0.39, 0.29) is 18.0 Å². The van der Waals surface area contributed by atoms with Gasteiger partial charge < -0.3 is 15.5 Å². The largest absolute Gasteiger partial charge is 0.469 e. The van der Waals surface area contributed by atoms with Crippen molar-refractivity contribution in [2.24, 2.45) is 5.73 Å². The first-order chi connectivity index (χ1) is 8.16. The highest BCUT2D eigenvalue weighted by molar-refractivity contribution is 5.76. The van der Waals surface area contributed by atoms with Gasteiger partial charge in [0, 0.05) is 24.4 Å². The topological polar surface area (TPSA) is 68.3 Å². The van der Waals surface area contributed by atoms with Crippen LogP contribution in [0.2, 0.25) is 0 Å². The first kappa shape index (κ1) is 12.2. The smallest absolute Gasteiger partial charge is 0.220 e. The van der Waals surface area contributed by atoms with Gasteiger partial charge in [0.25, 0.3) is 0 Å². The molecule has 1 aliphatic carbocycles. The zero-order chi connectivity index (χ0) is 12.3. The molecule has 0 radical (unpaired) electrons. The normalized spacial score (nSPS) is 20.7. The van der Waals surface area contributed by atoms with Gasteiger partial charge in [-0.1, -0.05) is 0 Å². The van der Waals surface area contributed by atoms with E-state index >= 15 is 0 Å². The Morgan fingerprint density at radius 3 is 3.29 bits per heavy atom. The minimum absolute atomic E-state index is 0.0802. The van der Waals surface area contributed by atoms with Crippen molar-refractivity contribution in [2.75, 3.05) is 0 Å². The summed E-state index contributed by atoms with van der Waals surface area (Å²) < 4.78 is 5.39. The van der Waals surface area contributed by atoms with E-state index in [2.05, 4.69) is 5.32 Å². The fourth-order valence-corrected chi connectivity index (χ4v) is 2.26.